The van der Waals surface area contributed by atoms with E-state index in [0.717, 1.165) is 0 Å². The lowest BCUT2D eigenvalue weighted by molar-refractivity contribution is -0.384. The van der Waals surface area contributed by atoms with Gasteiger partial charge in [0.25, 0.3) is 0 Å². The first-order valence-corrected chi connectivity index (χ1v) is 5.04. The van der Waals surface area contributed by atoms with Crippen LogP contribution in [-0.2, 0) is 0 Å². The molecule has 1 N–H and O–H groups in total. The Morgan fingerprint density at radius 1 is 1.71 bits per heavy atom. The van der Waals surface area contributed by atoms with Gasteiger partial charge in [0.2, 0.25) is 5.82 Å². The van der Waals surface area contributed by atoms with Gasteiger partial charge in [-0.05, 0) is 6.92 Å². The van der Waals surface area contributed by atoms with Gasteiger partial charge in [0.05, 0.1) is 17.1 Å². The summed E-state index contributed by atoms with van der Waals surface area (Å²) >= 11 is 0. The number of aliphatic hydroxyl groups excluding tert-OH is 1. The van der Waals surface area contributed by atoms with E-state index in [2.05, 4.69) is 4.98 Å². The summed E-state index contributed by atoms with van der Waals surface area (Å²) in [5.41, 5.74) is -0.0835. The number of hydrogen-bond acceptors (Lipinski definition) is 6. The first-order chi connectivity index (χ1) is 8.13. The third-order valence-electron chi connectivity index (χ3n) is 2.22. The molecule has 0 saturated carbocycles. The van der Waals surface area contributed by atoms with Gasteiger partial charge in [0.1, 0.15) is 6.07 Å². The fourth-order valence-electron chi connectivity index (χ4n) is 1.42. The standard InChI is InChI=1S/C10H12N4O3/c1-2-13(3-4-15)10-9(14(16)17)5-8(6-11)7-12-10/h5,7,15H,2-4H2,1H3. The lowest BCUT2D eigenvalue weighted by Gasteiger charge is -2.20. The van der Waals surface area contributed by atoms with Crippen LogP contribution in [0.5, 0.6) is 0 Å². The van der Waals surface area contributed by atoms with Gasteiger partial charge in [0.15, 0.2) is 0 Å². The number of hydrogen-bond donors (Lipinski definition) is 1. The lowest BCUT2D eigenvalue weighted by atomic mass is 10.2. The summed E-state index contributed by atoms with van der Waals surface area (Å²) in [7, 11) is 0. The summed E-state index contributed by atoms with van der Waals surface area (Å²) in [6.45, 7) is 2.43. The van der Waals surface area contributed by atoms with Crippen molar-refractivity contribution in [3.63, 3.8) is 0 Å². The van der Waals surface area contributed by atoms with Crippen molar-refractivity contribution >= 4 is 11.5 Å². The fraction of sp³-hybridized carbons (Fsp3) is 0.400. The van der Waals surface area contributed by atoms with Crippen molar-refractivity contribution in [3.8, 4) is 6.07 Å². The Morgan fingerprint density at radius 2 is 2.41 bits per heavy atom. The van der Waals surface area contributed by atoms with Crippen LogP contribution in [0.4, 0.5) is 11.5 Å². The third kappa shape index (κ3) is 2.89. The van der Waals surface area contributed by atoms with E-state index < -0.39 is 4.92 Å². The van der Waals surface area contributed by atoms with E-state index in [1.807, 2.05) is 0 Å². The first-order valence-electron chi connectivity index (χ1n) is 5.04. The molecule has 0 aromatic carbocycles. The van der Waals surface area contributed by atoms with Gasteiger partial charge in [-0.15, -0.1) is 0 Å². The molecule has 1 aromatic rings. The van der Waals surface area contributed by atoms with Crippen LogP contribution in [0, 0.1) is 21.4 Å². The molecule has 1 aromatic heterocycles. The number of aliphatic hydroxyl groups is 1. The molecule has 0 atom stereocenters. The molecule has 0 aliphatic rings. The van der Waals surface area contributed by atoms with Gasteiger partial charge in [-0.25, -0.2) is 4.98 Å². The highest BCUT2D eigenvalue weighted by Crippen LogP contribution is 2.25. The number of rotatable bonds is 5. The van der Waals surface area contributed by atoms with Crippen LogP contribution in [0.15, 0.2) is 12.3 Å². The number of pyridine rings is 1. The molecule has 0 amide bonds. The van der Waals surface area contributed by atoms with E-state index in [4.69, 9.17) is 10.4 Å². The van der Waals surface area contributed by atoms with Crippen molar-refractivity contribution in [2.75, 3.05) is 24.6 Å². The van der Waals surface area contributed by atoms with E-state index in [1.165, 1.54) is 12.3 Å². The summed E-state index contributed by atoms with van der Waals surface area (Å²) in [6.07, 6.45) is 1.28. The topological polar surface area (TPSA) is 103 Å². The molecule has 0 radical (unpaired) electrons. The minimum Gasteiger partial charge on any atom is -0.395 e. The molecule has 0 fully saturated rings. The van der Waals surface area contributed by atoms with Crippen LogP contribution in [-0.4, -0.2) is 34.7 Å². The molecule has 0 spiro atoms. The number of nitrogens with zero attached hydrogens (tertiary/aromatic N) is 4. The second kappa shape index (κ2) is 5.77. The van der Waals surface area contributed by atoms with Crippen LogP contribution in [0.3, 0.4) is 0 Å². The molecule has 0 aliphatic carbocycles. The third-order valence-corrected chi connectivity index (χ3v) is 2.22. The zero-order chi connectivity index (χ0) is 12.8. The fourth-order valence-corrected chi connectivity index (χ4v) is 1.42. The van der Waals surface area contributed by atoms with Crippen LogP contribution in [0.2, 0.25) is 0 Å². The molecule has 0 unspecified atom stereocenters. The normalized spacial score (nSPS) is 9.71. The second-order valence-electron chi connectivity index (χ2n) is 3.24. The molecule has 1 heterocycles. The number of nitriles is 1. The molecule has 1 rings (SSSR count). The maximum Gasteiger partial charge on any atom is 0.312 e. The van der Waals surface area contributed by atoms with Gasteiger partial charge < -0.3 is 10.0 Å². The number of aromatic nitrogens is 1. The van der Waals surface area contributed by atoms with E-state index in [9.17, 15) is 10.1 Å². The molecular weight excluding hydrogens is 224 g/mol. The summed E-state index contributed by atoms with van der Waals surface area (Å²) < 4.78 is 0. The molecule has 0 aliphatic heterocycles. The maximum atomic E-state index is 10.9. The Bertz CT molecular complexity index is 455. The molecule has 7 nitrogen and oxygen atoms in total. The maximum absolute atomic E-state index is 10.9. The highest BCUT2D eigenvalue weighted by atomic mass is 16.6. The summed E-state index contributed by atoms with van der Waals surface area (Å²) in [4.78, 5) is 15.8. The van der Waals surface area contributed by atoms with Gasteiger partial charge in [-0.2, -0.15) is 5.26 Å². The minimum atomic E-state index is -0.580. The van der Waals surface area contributed by atoms with Crippen molar-refractivity contribution in [2.45, 2.75) is 6.92 Å². The molecule has 0 bridgehead atoms. The monoisotopic (exact) mass is 236 g/mol. The molecule has 17 heavy (non-hydrogen) atoms. The highest BCUT2D eigenvalue weighted by molar-refractivity contribution is 5.59. The Labute approximate surface area is 98.1 Å². The summed E-state index contributed by atoms with van der Waals surface area (Å²) in [5.74, 6) is 0.172. The average Bonchev–Trinajstić information content (AvgIpc) is 2.35. The van der Waals surface area contributed by atoms with E-state index in [0.29, 0.717) is 6.54 Å². The Kier molecular flexibility index (Phi) is 4.37. The smallest absolute Gasteiger partial charge is 0.312 e. The van der Waals surface area contributed by atoms with Gasteiger partial charge >= 0.3 is 5.69 Å². The number of nitro groups is 1. The van der Waals surface area contributed by atoms with Crippen molar-refractivity contribution in [3.05, 3.63) is 27.9 Å². The Hall–Kier alpha value is -2.20. The summed E-state index contributed by atoms with van der Waals surface area (Å²) in [5, 5.41) is 28.4. The van der Waals surface area contributed by atoms with Crippen molar-refractivity contribution in [1.29, 1.82) is 5.26 Å². The quantitative estimate of drug-likeness (QED) is 0.595. The largest absolute Gasteiger partial charge is 0.395 e. The second-order valence-corrected chi connectivity index (χ2v) is 3.24. The van der Waals surface area contributed by atoms with Crippen LogP contribution >= 0.6 is 0 Å². The first kappa shape index (κ1) is 12.9. The van der Waals surface area contributed by atoms with Crippen LogP contribution in [0.1, 0.15) is 12.5 Å². The average molecular weight is 236 g/mol. The van der Waals surface area contributed by atoms with Crippen LogP contribution < -0.4 is 4.90 Å². The number of likely N-dealkylation sites (N-methyl/N-ethyl adjacent to an activating group) is 1. The van der Waals surface area contributed by atoms with E-state index in [-0.39, 0.29) is 30.2 Å². The molecule has 90 valence electrons. The highest BCUT2D eigenvalue weighted by Gasteiger charge is 2.20. The van der Waals surface area contributed by atoms with Gasteiger partial charge in [0, 0.05) is 25.4 Å². The summed E-state index contributed by atoms with van der Waals surface area (Å²) in [6, 6.07) is 2.99. The Balaban J connectivity index is 3.22. The van der Waals surface area contributed by atoms with Crippen molar-refractivity contribution in [1.82, 2.24) is 4.98 Å². The zero-order valence-corrected chi connectivity index (χ0v) is 9.33. The lowest BCUT2D eigenvalue weighted by Crippen LogP contribution is -2.27. The van der Waals surface area contributed by atoms with Crippen LogP contribution in [0.25, 0.3) is 0 Å². The SMILES string of the molecule is CCN(CCO)c1ncc(C#N)cc1[N+](=O)[O-]. The van der Waals surface area contributed by atoms with Crippen molar-refractivity contribution < 1.29 is 10.0 Å². The van der Waals surface area contributed by atoms with E-state index >= 15 is 0 Å². The van der Waals surface area contributed by atoms with Crippen molar-refractivity contribution in [2.24, 2.45) is 0 Å². The predicted molar refractivity (Wildman–Crippen MR) is 60.6 cm³/mol. The zero-order valence-electron chi connectivity index (χ0n) is 9.33. The Morgan fingerprint density at radius 3 is 2.88 bits per heavy atom. The molecule has 0 saturated heterocycles. The predicted octanol–water partition coefficient (Wildman–Crippen LogP) is 0.680. The number of anilines is 1. The molecular formula is C10H12N4O3. The van der Waals surface area contributed by atoms with Gasteiger partial charge in [-0.3, -0.25) is 10.1 Å². The molecule has 7 heteroatoms. The van der Waals surface area contributed by atoms with Gasteiger partial charge in [-0.1, -0.05) is 0 Å². The van der Waals surface area contributed by atoms with E-state index in [1.54, 1.807) is 17.9 Å². The minimum absolute atomic E-state index is 0.118.